The van der Waals surface area contributed by atoms with Crippen molar-refractivity contribution in [3.05, 3.63) is 0 Å². The predicted octanol–water partition coefficient (Wildman–Crippen LogP) is -0.119. The van der Waals surface area contributed by atoms with E-state index < -0.39 is 0 Å². The molecule has 0 bridgehead atoms. The summed E-state index contributed by atoms with van der Waals surface area (Å²) in [6.07, 6.45) is 0. The zero-order chi connectivity index (χ0) is 2.00. The van der Waals surface area contributed by atoms with E-state index in [1.165, 1.54) is 0 Å². The molecule has 1 nitrogen and oxygen atoms in total. The van der Waals surface area contributed by atoms with E-state index in [4.69, 9.17) is 0.938 Å². The van der Waals surface area contributed by atoms with Gasteiger partial charge in [-0.25, -0.2) is 0 Å². The summed E-state index contributed by atoms with van der Waals surface area (Å²) >= 11 is 0.0556. The standard InChI is InChI=1S/2Ce.La.O.Pr. The Kier molecular flexibility index (Phi) is 103. The maximum absolute atomic E-state index is 8.39. The molecular weight excluding hydrogens is 576 g/mol. The Bertz CT molecular complexity index is 9.61. The molecule has 0 aliphatic carbocycles. The van der Waals surface area contributed by atoms with Crippen LogP contribution in [-0.2, 0) is 0.938 Å². The molecule has 0 aromatic heterocycles. The van der Waals surface area contributed by atoms with Crippen LogP contribution < -0.4 is 0 Å². The van der Waals surface area contributed by atoms with Crippen LogP contribution in [0.25, 0.3) is 0 Å². The molecule has 2 radical (unpaired) electrons. The Morgan fingerprint density at radius 3 is 1.20 bits per heavy atom. The molecule has 0 saturated carbocycles. The van der Waals surface area contributed by atoms with Crippen molar-refractivity contribution in [2.75, 3.05) is 0 Å². The molecule has 0 aliphatic heterocycles. The van der Waals surface area contributed by atoms with Gasteiger partial charge in [-0.05, 0) is 0 Å². The van der Waals surface area contributed by atoms with Gasteiger partial charge in [0.1, 0.15) is 0 Å². The fourth-order valence-corrected chi connectivity index (χ4v) is 0. The Hall–Kier alpha value is 5.11. The molecule has 0 aromatic carbocycles. The van der Waals surface area contributed by atoms with Crippen LogP contribution >= 0.6 is 0 Å². The molecule has 0 unspecified atom stereocenters. The van der Waals surface area contributed by atoms with Crippen molar-refractivity contribution in [2.45, 2.75) is 0 Å². The molecule has 0 aliphatic rings. The van der Waals surface area contributed by atoms with Crippen LogP contribution in [0.4, 0.5) is 0 Å². The molecule has 0 heterocycles. The average Bonchev–Trinajstić information content (AvgIpc) is 1.00. The van der Waals surface area contributed by atoms with Gasteiger partial charge in [0.2, 0.25) is 0 Å². The van der Waals surface area contributed by atoms with Gasteiger partial charge in [0.15, 0.2) is 0 Å². The minimum atomic E-state index is 0. The molecule has 0 rings (SSSR count). The molecule has 0 fully saturated rings. The maximum Gasteiger partial charge on any atom is 0 e. The third kappa shape index (κ3) is 17.6. The first-order valence-corrected chi connectivity index (χ1v) is 1.49. The third-order valence-electron chi connectivity index (χ3n) is 0. The Morgan fingerprint density at radius 2 is 1.20 bits per heavy atom. The molecule has 0 saturated heterocycles. The van der Waals surface area contributed by atoms with E-state index in [1.807, 2.05) is 0 Å². The van der Waals surface area contributed by atoms with Gasteiger partial charge in [-0.2, -0.15) is 0 Å². The number of rotatable bonds is 0. The van der Waals surface area contributed by atoms with E-state index >= 15 is 0 Å². The van der Waals surface area contributed by atoms with Crippen molar-refractivity contribution < 1.29 is 159 Å². The number of hydrogen-bond acceptors (Lipinski definition) is 1. The van der Waals surface area contributed by atoms with E-state index in [2.05, 4.69) is 0 Å². The SMILES string of the molecule is [Ce].[La].[O]=[Ce].[Pr]. The van der Waals surface area contributed by atoms with E-state index in [0.29, 0.717) is 0 Å². The first kappa shape index (κ1) is 22.5. The first-order chi connectivity index (χ1) is 1.00. The Balaban J connectivity index is -0.00000000167. The van der Waals surface area contributed by atoms with Crippen molar-refractivity contribution in [3.8, 4) is 0 Å². The van der Waals surface area contributed by atoms with Crippen molar-refractivity contribution in [2.24, 2.45) is 0 Å². The summed E-state index contributed by atoms with van der Waals surface area (Å²) < 4.78 is 8.39. The summed E-state index contributed by atoms with van der Waals surface area (Å²) in [5, 5.41) is 0. The van der Waals surface area contributed by atoms with Gasteiger partial charge in [-0.3, -0.25) is 0 Å². The van der Waals surface area contributed by atoms with E-state index in [1.54, 1.807) is 0 Å². The van der Waals surface area contributed by atoms with Gasteiger partial charge < -0.3 is 0 Å². The molecule has 0 amide bonds. The van der Waals surface area contributed by atoms with Gasteiger partial charge in [0.05, 0.1) is 0 Å². The Labute approximate surface area is 154 Å². The van der Waals surface area contributed by atoms with Crippen LogP contribution in [0.2, 0.25) is 0 Å². The van der Waals surface area contributed by atoms with Crippen molar-refractivity contribution in [1.82, 2.24) is 0 Å². The van der Waals surface area contributed by atoms with E-state index in [0.717, 1.165) is 0 Å². The molecule has 0 atom stereocenters. The molecule has 0 aromatic rings. The monoisotopic (exact) mass is 576 g/mol. The summed E-state index contributed by atoms with van der Waals surface area (Å²) in [5.41, 5.74) is 0. The molecule has 20 valence electrons. The van der Waals surface area contributed by atoms with E-state index in [-0.39, 0.29) is 158 Å². The fourth-order valence-electron chi connectivity index (χ4n) is 0. The molecule has 5 heavy (non-hydrogen) atoms. The van der Waals surface area contributed by atoms with Crippen LogP contribution in [0.1, 0.15) is 0 Å². The predicted molar refractivity (Wildman–Crippen MR) is 0.686 cm³/mol. The van der Waals surface area contributed by atoms with Gasteiger partial charge in [0.25, 0.3) is 0 Å². The van der Waals surface area contributed by atoms with E-state index in [9.17, 15) is 0 Å². The third-order valence-corrected chi connectivity index (χ3v) is 0. The normalized spacial score (nSPS) is 0.600. The van der Waals surface area contributed by atoms with Crippen LogP contribution in [0, 0.1) is 158 Å². The Morgan fingerprint density at radius 1 is 1.20 bits per heavy atom. The molecule has 5 heteroatoms. The first-order valence-electron chi connectivity index (χ1n) is 0.204. The second-order valence-electron chi connectivity index (χ2n) is 0. The van der Waals surface area contributed by atoms with Crippen LogP contribution in [0.15, 0.2) is 0 Å². The van der Waals surface area contributed by atoms with Crippen molar-refractivity contribution >= 4 is 0 Å². The molecule has 0 N–H and O–H groups in total. The smallest absolute Gasteiger partial charge is 0 e. The summed E-state index contributed by atoms with van der Waals surface area (Å²) in [4.78, 5) is 0. The quantitative estimate of drug-likeness (QED) is 0.394. The maximum atomic E-state index is 8.39. The second kappa shape index (κ2) is 22.9. The van der Waals surface area contributed by atoms with Crippen molar-refractivity contribution in [3.63, 3.8) is 0 Å². The zero-order valence-electron chi connectivity index (χ0n) is 2.56. The molecule has 0 spiro atoms. The average molecular weight is 576 g/mol. The second-order valence-corrected chi connectivity index (χ2v) is 0. The topological polar surface area (TPSA) is 17.1 Å². The van der Waals surface area contributed by atoms with Gasteiger partial charge in [-0.1, -0.05) is 0 Å². The largest absolute Gasteiger partial charge is 0 e. The summed E-state index contributed by atoms with van der Waals surface area (Å²) in [6, 6.07) is 0. The van der Waals surface area contributed by atoms with Crippen LogP contribution in [0.3, 0.4) is 0 Å². The van der Waals surface area contributed by atoms with Crippen molar-refractivity contribution in [1.29, 1.82) is 0 Å². The van der Waals surface area contributed by atoms with Gasteiger partial charge in [0, 0.05) is 119 Å². The zero-order valence-corrected chi connectivity index (χ0v) is 16.2. The molecular formula is Ce2LaOPr. The van der Waals surface area contributed by atoms with Crippen LogP contribution in [0.5, 0.6) is 0 Å². The minimum absolute atomic E-state index is 0. The number of hydrogen-bond donors (Lipinski definition) is 0. The summed E-state index contributed by atoms with van der Waals surface area (Å²) in [5.74, 6) is 0. The fraction of sp³-hybridized carbons (Fsp3) is 0. The van der Waals surface area contributed by atoms with Gasteiger partial charge >= 0.3 is 40.7 Å². The summed E-state index contributed by atoms with van der Waals surface area (Å²) in [7, 11) is 0. The summed E-state index contributed by atoms with van der Waals surface area (Å²) in [6.45, 7) is 0. The van der Waals surface area contributed by atoms with Gasteiger partial charge in [-0.15, -0.1) is 0 Å². The minimum Gasteiger partial charge on any atom is 0 e. The van der Waals surface area contributed by atoms with Crippen LogP contribution in [-0.4, -0.2) is 0 Å².